The van der Waals surface area contributed by atoms with Crippen LogP contribution >= 0.6 is 0 Å². The summed E-state index contributed by atoms with van der Waals surface area (Å²) in [6, 6.07) is 15.0. The Bertz CT molecular complexity index is 1380. The third-order valence-corrected chi connectivity index (χ3v) is 6.80. The number of benzene rings is 2. The van der Waals surface area contributed by atoms with Gasteiger partial charge >= 0.3 is 0 Å². The van der Waals surface area contributed by atoms with Gasteiger partial charge in [-0.05, 0) is 49.6 Å². The van der Waals surface area contributed by atoms with Crippen molar-refractivity contribution >= 4 is 34.1 Å². The molecule has 1 saturated carbocycles. The number of fused-ring (bicyclic) bond motifs is 9. The number of hydrogen-bond donors (Lipinski definition) is 0. The number of rotatable bonds is 0. The molecule has 1 aromatic heterocycles. The van der Waals surface area contributed by atoms with Crippen LogP contribution in [-0.4, -0.2) is 10.7 Å². The van der Waals surface area contributed by atoms with Gasteiger partial charge in [-0.25, -0.2) is 9.98 Å². The van der Waals surface area contributed by atoms with Crippen LogP contribution in [0.15, 0.2) is 58.5 Å². The maximum absolute atomic E-state index is 5.12. The van der Waals surface area contributed by atoms with E-state index in [1.807, 2.05) is 0 Å². The summed E-state index contributed by atoms with van der Waals surface area (Å²) >= 11 is 0. The Hall–Kier alpha value is -3.07. The summed E-state index contributed by atoms with van der Waals surface area (Å²) in [5.41, 5.74) is 8.21. The molecular formula is C25H19N3. The number of para-hydroxylation sites is 1. The van der Waals surface area contributed by atoms with Crippen molar-refractivity contribution in [1.82, 2.24) is 4.98 Å². The van der Waals surface area contributed by atoms with Crippen LogP contribution in [0.4, 0.5) is 5.69 Å². The third kappa shape index (κ3) is 1.86. The predicted molar refractivity (Wildman–Crippen MR) is 113 cm³/mol. The van der Waals surface area contributed by atoms with Gasteiger partial charge in [0.05, 0.1) is 28.0 Å². The minimum atomic E-state index is 0.438. The summed E-state index contributed by atoms with van der Waals surface area (Å²) < 4.78 is 0. The van der Waals surface area contributed by atoms with E-state index in [0.29, 0.717) is 11.8 Å². The molecule has 2 aliphatic carbocycles. The van der Waals surface area contributed by atoms with E-state index in [2.05, 4.69) is 54.6 Å². The fourth-order valence-corrected chi connectivity index (χ4v) is 5.46. The summed E-state index contributed by atoms with van der Waals surface area (Å²) in [5, 5.41) is 3.41. The average Bonchev–Trinajstić information content (AvgIpc) is 3.31. The predicted octanol–water partition coefficient (Wildman–Crippen LogP) is 4.56. The molecule has 3 heterocycles. The first-order chi connectivity index (χ1) is 13.9. The zero-order valence-corrected chi connectivity index (χ0v) is 15.5. The van der Waals surface area contributed by atoms with Gasteiger partial charge in [0.2, 0.25) is 0 Å². The van der Waals surface area contributed by atoms with Crippen LogP contribution < -0.4 is 10.6 Å². The molecule has 0 saturated heterocycles. The van der Waals surface area contributed by atoms with Crippen molar-refractivity contribution in [3.8, 4) is 11.1 Å². The molecule has 0 N–H and O–H groups in total. The Balaban J connectivity index is 1.55. The lowest BCUT2D eigenvalue weighted by molar-refractivity contribution is 0.496. The van der Waals surface area contributed by atoms with Crippen molar-refractivity contribution in [2.45, 2.75) is 25.7 Å². The second-order valence-corrected chi connectivity index (χ2v) is 8.30. The topological polar surface area (TPSA) is 37.6 Å². The van der Waals surface area contributed by atoms with Gasteiger partial charge in [-0.2, -0.15) is 0 Å². The van der Waals surface area contributed by atoms with Crippen LogP contribution in [0.2, 0.25) is 0 Å². The lowest BCUT2D eigenvalue weighted by Gasteiger charge is -2.24. The number of aliphatic imine (C=N–C) groups is 1. The van der Waals surface area contributed by atoms with E-state index >= 15 is 0 Å². The molecule has 2 aromatic carbocycles. The van der Waals surface area contributed by atoms with E-state index in [9.17, 15) is 0 Å². The van der Waals surface area contributed by atoms with Crippen molar-refractivity contribution in [2.24, 2.45) is 21.8 Å². The van der Waals surface area contributed by atoms with Crippen molar-refractivity contribution in [3.05, 3.63) is 64.8 Å². The minimum Gasteiger partial charge on any atom is -0.261 e. The number of pyridine rings is 1. The minimum absolute atomic E-state index is 0.438. The molecular weight excluding hydrogens is 342 g/mol. The first-order valence-corrected chi connectivity index (χ1v) is 10.3. The highest BCUT2D eigenvalue weighted by molar-refractivity contribution is 5.98. The number of aromatic nitrogens is 1. The van der Waals surface area contributed by atoms with Gasteiger partial charge in [0.25, 0.3) is 0 Å². The first kappa shape index (κ1) is 14.9. The van der Waals surface area contributed by atoms with Crippen molar-refractivity contribution < 1.29 is 0 Å². The van der Waals surface area contributed by atoms with Crippen molar-refractivity contribution in [2.75, 3.05) is 0 Å². The number of nitrogens with zero attached hydrogens (tertiary/aromatic N) is 3. The monoisotopic (exact) mass is 361 g/mol. The molecule has 1 fully saturated rings. The van der Waals surface area contributed by atoms with Gasteiger partial charge in [0, 0.05) is 39.3 Å². The zero-order chi connectivity index (χ0) is 18.2. The van der Waals surface area contributed by atoms with Gasteiger partial charge in [0.15, 0.2) is 0 Å². The van der Waals surface area contributed by atoms with Crippen LogP contribution in [0, 0.1) is 11.8 Å². The summed E-state index contributed by atoms with van der Waals surface area (Å²) in [4.78, 5) is 15.1. The highest BCUT2D eigenvalue weighted by atomic mass is 14.9. The van der Waals surface area contributed by atoms with Crippen LogP contribution in [0.3, 0.4) is 0 Å². The van der Waals surface area contributed by atoms with Gasteiger partial charge in [-0.15, -0.1) is 0 Å². The lowest BCUT2D eigenvalue weighted by atomic mass is 9.78. The van der Waals surface area contributed by atoms with Gasteiger partial charge in [-0.1, -0.05) is 30.7 Å². The molecule has 3 heteroatoms. The van der Waals surface area contributed by atoms with E-state index < -0.39 is 0 Å². The molecule has 4 aliphatic rings. The van der Waals surface area contributed by atoms with E-state index in [1.165, 1.54) is 47.0 Å². The molecule has 2 aliphatic heterocycles. The average molecular weight is 361 g/mol. The fourth-order valence-electron chi connectivity index (χ4n) is 5.46. The van der Waals surface area contributed by atoms with E-state index in [-0.39, 0.29) is 0 Å². The second-order valence-electron chi connectivity index (χ2n) is 8.30. The smallest absolute Gasteiger partial charge is 0.0810 e. The molecule has 7 rings (SSSR count). The Morgan fingerprint density at radius 1 is 0.929 bits per heavy atom. The highest BCUT2D eigenvalue weighted by Gasteiger charge is 2.36. The molecule has 2 unspecified atom stereocenters. The Morgan fingerprint density at radius 2 is 1.89 bits per heavy atom. The Labute approximate surface area is 162 Å². The van der Waals surface area contributed by atoms with Crippen LogP contribution in [-0.2, 0) is 0 Å². The molecule has 0 amide bonds. The maximum Gasteiger partial charge on any atom is 0.0810 e. The SMILES string of the molecule is C1=CC2C(=c3cc4c5c(ccc4nc31)-c1ccccc1N=5)N=C1CCCCC12. The molecule has 3 nitrogen and oxygen atoms in total. The van der Waals surface area contributed by atoms with Gasteiger partial charge < -0.3 is 0 Å². The third-order valence-electron chi connectivity index (χ3n) is 6.80. The van der Waals surface area contributed by atoms with E-state index in [1.54, 1.807) is 0 Å². The van der Waals surface area contributed by atoms with Crippen LogP contribution in [0.1, 0.15) is 31.4 Å². The van der Waals surface area contributed by atoms with E-state index in [4.69, 9.17) is 15.0 Å². The second kappa shape index (κ2) is 5.26. The molecule has 3 aromatic rings. The quantitative estimate of drug-likeness (QED) is 0.452. The molecule has 0 spiro atoms. The highest BCUT2D eigenvalue weighted by Crippen LogP contribution is 2.41. The van der Waals surface area contributed by atoms with E-state index in [0.717, 1.165) is 34.1 Å². The lowest BCUT2D eigenvalue weighted by Crippen LogP contribution is -2.25. The van der Waals surface area contributed by atoms with Gasteiger partial charge in [-0.3, -0.25) is 4.99 Å². The van der Waals surface area contributed by atoms with Crippen LogP contribution in [0.5, 0.6) is 0 Å². The van der Waals surface area contributed by atoms with Crippen molar-refractivity contribution in [1.29, 1.82) is 0 Å². The summed E-state index contributed by atoms with van der Waals surface area (Å²) in [6.45, 7) is 0. The summed E-state index contributed by atoms with van der Waals surface area (Å²) in [7, 11) is 0. The zero-order valence-electron chi connectivity index (χ0n) is 15.5. The Kier molecular flexibility index (Phi) is 2.80. The summed E-state index contributed by atoms with van der Waals surface area (Å²) in [6.07, 6.45) is 9.61. The van der Waals surface area contributed by atoms with Crippen molar-refractivity contribution in [3.63, 3.8) is 0 Å². The maximum atomic E-state index is 5.12. The molecule has 0 radical (unpaired) electrons. The van der Waals surface area contributed by atoms with Crippen LogP contribution in [0.25, 0.3) is 33.8 Å². The molecule has 28 heavy (non-hydrogen) atoms. The normalized spacial score (nSPS) is 23.4. The largest absolute Gasteiger partial charge is 0.261 e. The standard InChI is InChI=1S/C25H19N3/c1-3-7-20-14(5-1)16-9-11-22-18(24(16)27-20)13-19-23(26-22)12-10-17-15-6-2-4-8-21(15)28-25(17)19/h1,3,5,7,9-13,15,17H,2,4,6,8H2. The fraction of sp³-hybridized carbons (Fsp3) is 0.240. The first-order valence-electron chi connectivity index (χ1n) is 10.3. The Morgan fingerprint density at radius 3 is 2.89 bits per heavy atom. The van der Waals surface area contributed by atoms with Gasteiger partial charge in [0.1, 0.15) is 0 Å². The molecule has 0 bridgehead atoms. The molecule has 134 valence electrons. The summed E-state index contributed by atoms with van der Waals surface area (Å²) in [5.74, 6) is 1.05. The molecule has 2 atom stereocenters. The number of hydrogen-bond acceptors (Lipinski definition) is 3.